The van der Waals surface area contributed by atoms with Gasteiger partial charge in [-0.1, -0.05) is 12.1 Å². The Hall–Kier alpha value is -2.47. The Morgan fingerprint density at radius 1 is 1.18 bits per heavy atom. The molecule has 0 unspecified atom stereocenters. The molecule has 6 heteroatoms. The van der Waals surface area contributed by atoms with Crippen molar-refractivity contribution in [1.29, 1.82) is 0 Å². The molecule has 0 atom stereocenters. The number of carbonyl (C=O) groups excluding carboxylic acids is 1. The van der Waals surface area contributed by atoms with Gasteiger partial charge in [0.25, 0.3) is 5.91 Å². The molecule has 0 bridgehead atoms. The van der Waals surface area contributed by atoms with Crippen molar-refractivity contribution in [1.82, 2.24) is 0 Å². The summed E-state index contributed by atoms with van der Waals surface area (Å²) < 4.78 is 33.4. The smallest absolute Gasteiger partial charge is 0.387 e. The highest BCUT2D eigenvalue weighted by Gasteiger charge is 2.08. The van der Waals surface area contributed by atoms with Crippen molar-refractivity contribution in [3.05, 3.63) is 59.7 Å². The van der Waals surface area contributed by atoms with E-state index < -0.39 is 6.61 Å². The zero-order valence-corrected chi connectivity index (χ0v) is 11.9. The van der Waals surface area contributed by atoms with Crippen molar-refractivity contribution >= 4 is 11.6 Å². The van der Waals surface area contributed by atoms with Crippen LogP contribution in [0.15, 0.2) is 48.5 Å². The van der Waals surface area contributed by atoms with Gasteiger partial charge in [-0.05, 0) is 42.0 Å². The molecule has 1 N–H and O–H groups in total. The minimum Gasteiger partial charge on any atom is -0.435 e. The molecule has 2 aromatic carbocycles. The molecule has 0 aromatic heterocycles. The number of rotatable bonds is 6. The fraction of sp³-hybridized carbons (Fsp3) is 0.188. The number of amides is 1. The third kappa shape index (κ3) is 4.53. The molecule has 0 heterocycles. The number of ether oxygens (including phenoxy) is 2. The van der Waals surface area contributed by atoms with Crippen molar-refractivity contribution < 1.29 is 23.0 Å². The van der Waals surface area contributed by atoms with E-state index in [9.17, 15) is 13.6 Å². The van der Waals surface area contributed by atoms with Gasteiger partial charge in [-0.3, -0.25) is 4.79 Å². The molecule has 0 saturated heterocycles. The molecule has 0 fully saturated rings. The minimum atomic E-state index is -2.87. The maximum Gasteiger partial charge on any atom is 0.387 e. The van der Waals surface area contributed by atoms with Gasteiger partial charge >= 0.3 is 6.61 Å². The number of carbonyl (C=O) groups is 1. The van der Waals surface area contributed by atoms with Crippen LogP contribution in [0.5, 0.6) is 5.75 Å². The Bertz CT molecular complexity index is 630. The second-order valence-electron chi connectivity index (χ2n) is 4.49. The summed E-state index contributed by atoms with van der Waals surface area (Å²) in [5, 5.41) is 2.69. The molecule has 22 heavy (non-hydrogen) atoms. The van der Waals surface area contributed by atoms with Gasteiger partial charge in [0.2, 0.25) is 0 Å². The van der Waals surface area contributed by atoms with Crippen LogP contribution in [-0.4, -0.2) is 19.6 Å². The molecule has 0 aliphatic rings. The van der Waals surface area contributed by atoms with Crippen molar-refractivity contribution in [2.75, 3.05) is 12.4 Å². The summed E-state index contributed by atoms with van der Waals surface area (Å²) in [4.78, 5) is 12.1. The number of benzene rings is 2. The molecule has 0 spiro atoms. The third-order valence-electron chi connectivity index (χ3n) is 2.84. The maximum absolute atomic E-state index is 12.1. The van der Waals surface area contributed by atoms with Crippen molar-refractivity contribution in [3.8, 4) is 5.75 Å². The van der Waals surface area contributed by atoms with Gasteiger partial charge in [0.15, 0.2) is 0 Å². The predicted molar refractivity (Wildman–Crippen MR) is 78.2 cm³/mol. The largest absolute Gasteiger partial charge is 0.435 e. The Kier molecular flexibility index (Phi) is 5.43. The normalized spacial score (nSPS) is 10.5. The number of anilines is 1. The Labute approximate surface area is 126 Å². The van der Waals surface area contributed by atoms with Crippen molar-refractivity contribution in [2.45, 2.75) is 13.2 Å². The lowest BCUT2D eigenvalue weighted by atomic mass is 10.1. The van der Waals surface area contributed by atoms with E-state index in [2.05, 4.69) is 10.1 Å². The standard InChI is InChI=1S/C16H15F2NO3/c1-21-10-11-3-2-4-12(9-11)15(20)19-13-5-7-14(8-6-13)22-16(17)18/h2-9,16H,10H2,1H3,(H,19,20). The first-order valence-electron chi connectivity index (χ1n) is 6.52. The average molecular weight is 307 g/mol. The molecule has 0 saturated carbocycles. The lowest BCUT2D eigenvalue weighted by molar-refractivity contribution is -0.0498. The third-order valence-corrected chi connectivity index (χ3v) is 2.84. The van der Waals surface area contributed by atoms with Crippen LogP contribution in [0, 0.1) is 0 Å². The minimum absolute atomic E-state index is 0.0371. The highest BCUT2D eigenvalue weighted by Crippen LogP contribution is 2.18. The summed E-state index contributed by atoms with van der Waals surface area (Å²) in [5.41, 5.74) is 1.86. The van der Waals surface area contributed by atoms with Crippen LogP contribution in [0.4, 0.5) is 14.5 Å². The van der Waals surface area contributed by atoms with E-state index in [0.29, 0.717) is 17.9 Å². The first kappa shape index (κ1) is 15.9. The lowest BCUT2D eigenvalue weighted by Crippen LogP contribution is -2.12. The van der Waals surface area contributed by atoms with E-state index in [1.54, 1.807) is 25.3 Å². The van der Waals surface area contributed by atoms with Gasteiger partial charge in [-0.25, -0.2) is 0 Å². The Morgan fingerprint density at radius 3 is 2.55 bits per heavy atom. The molecular weight excluding hydrogens is 292 g/mol. The summed E-state index contributed by atoms with van der Waals surface area (Å²) in [6.45, 7) is -2.45. The van der Waals surface area contributed by atoms with E-state index in [-0.39, 0.29) is 11.7 Å². The van der Waals surface area contributed by atoms with Gasteiger partial charge < -0.3 is 14.8 Å². The van der Waals surface area contributed by atoms with E-state index in [0.717, 1.165) is 5.56 Å². The van der Waals surface area contributed by atoms with Crippen LogP contribution >= 0.6 is 0 Å². The van der Waals surface area contributed by atoms with Crippen LogP contribution in [0.3, 0.4) is 0 Å². The molecular formula is C16H15F2NO3. The van der Waals surface area contributed by atoms with Crippen molar-refractivity contribution in [3.63, 3.8) is 0 Å². The molecule has 2 aromatic rings. The molecule has 0 aliphatic heterocycles. The Morgan fingerprint density at radius 2 is 1.91 bits per heavy atom. The lowest BCUT2D eigenvalue weighted by Gasteiger charge is -2.08. The van der Waals surface area contributed by atoms with E-state index in [1.165, 1.54) is 24.3 Å². The summed E-state index contributed by atoms with van der Waals surface area (Å²) in [5.74, 6) is -0.254. The summed E-state index contributed by atoms with van der Waals surface area (Å²) in [6, 6.07) is 12.8. The fourth-order valence-corrected chi connectivity index (χ4v) is 1.89. The van der Waals surface area contributed by atoms with Crippen LogP contribution in [0.2, 0.25) is 0 Å². The van der Waals surface area contributed by atoms with Gasteiger partial charge in [-0.2, -0.15) is 8.78 Å². The first-order valence-corrected chi connectivity index (χ1v) is 6.52. The van der Waals surface area contributed by atoms with Crippen LogP contribution in [0.1, 0.15) is 15.9 Å². The molecule has 1 amide bonds. The summed E-state index contributed by atoms with van der Waals surface area (Å²) in [6.07, 6.45) is 0. The number of hydrogen-bond donors (Lipinski definition) is 1. The molecule has 2 rings (SSSR count). The molecule has 116 valence electrons. The van der Waals surface area contributed by atoms with Gasteiger partial charge in [0.05, 0.1) is 6.61 Å². The number of nitrogens with one attached hydrogen (secondary N) is 1. The zero-order valence-electron chi connectivity index (χ0n) is 11.9. The van der Waals surface area contributed by atoms with E-state index >= 15 is 0 Å². The predicted octanol–water partition coefficient (Wildman–Crippen LogP) is 3.69. The topological polar surface area (TPSA) is 47.6 Å². The summed E-state index contributed by atoms with van der Waals surface area (Å²) in [7, 11) is 1.58. The molecule has 0 radical (unpaired) electrons. The number of alkyl halides is 2. The average Bonchev–Trinajstić information content (AvgIpc) is 2.49. The maximum atomic E-state index is 12.1. The fourth-order valence-electron chi connectivity index (χ4n) is 1.89. The first-order chi connectivity index (χ1) is 10.6. The van der Waals surface area contributed by atoms with Crippen LogP contribution in [-0.2, 0) is 11.3 Å². The van der Waals surface area contributed by atoms with Gasteiger partial charge in [-0.15, -0.1) is 0 Å². The number of methoxy groups -OCH3 is 1. The highest BCUT2D eigenvalue weighted by atomic mass is 19.3. The summed E-state index contributed by atoms with van der Waals surface area (Å²) >= 11 is 0. The van der Waals surface area contributed by atoms with Crippen LogP contribution in [0.25, 0.3) is 0 Å². The second kappa shape index (κ2) is 7.51. The van der Waals surface area contributed by atoms with Crippen molar-refractivity contribution in [2.24, 2.45) is 0 Å². The van der Waals surface area contributed by atoms with Gasteiger partial charge in [0, 0.05) is 18.4 Å². The Balaban J connectivity index is 2.03. The van der Waals surface area contributed by atoms with E-state index in [1.807, 2.05) is 6.07 Å². The number of hydrogen-bond acceptors (Lipinski definition) is 3. The number of halogens is 2. The van der Waals surface area contributed by atoms with Crippen LogP contribution < -0.4 is 10.1 Å². The van der Waals surface area contributed by atoms with Gasteiger partial charge in [0.1, 0.15) is 5.75 Å². The van der Waals surface area contributed by atoms with E-state index in [4.69, 9.17) is 4.74 Å². The zero-order chi connectivity index (χ0) is 15.9. The SMILES string of the molecule is COCc1cccc(C(=O)Nc2ccc(OC(F)F)cc2)c1. The molecule has 0 aliphatic carbocycles. The quantitative estimate of drug-likeness (QED) is 0.885. The molecule has 4 nitrogen and oxygen atoms in total. The second-order valence-corrected chi connectivity index (χ2v) is 4.49. The monoisotopic (exact) mass is 307 g/mol. The highest BCUT2D eigenvalue weighted by molar-refractivity contribution is 6.04.